The van der Waals surface area contributed by atoms with E-state index >= 15 is 0 Å². The molecule has 0 saturated carbocycles. The van der Waals surface area contributed by atoms with Gasteiger partial charge in [0.25, 0.3) is 0 Å². The van der Waals surface area contributed by atoms with Crippen molar-refractivity contribution in [3.63, 3.8) is 0 Å². The van der Waals surface area contributed by atoms with Gasteiger partial charge in [-0.25, -0.2) is 0 Å². The molecule has 4 nitrogen and oxygen atoms in total. The first-order chi connectivity index (χ1) is 10.8. The van der Waals surface area contributed by atoms with E-state index in [0.29, 0.717) is 18.4 Å². The number of carbonyl (C=O) groups excluding carboxylic acids is 1. The third-order valence-electron chi connectivity index (χ3n) is 4.85. The van der Waals surface area contributed by atoms with Gasteiger partial charge in [0.1, 0.15) is 0 Å². The largest absolute Gasteiger partial charge is 0.356 e. The second-order valence-corrected chi connectivity index (χ2v) is 7.63. The number of hydrogen-bond acceptors (Lipinski definition) is 4. The van der Waals surface area contributed by atoms with Crippen molar-refractivity contribution < 1.29 is 4.79 Å². The standard InChI is InChI=1S/C17H27N3OS/c21-17(11-15-3-1-7-18-15)19-12-14-5-8-20(9-6-14)13-16-4-2-10-22-16/h2,4,10,14-15,18H,1,3,5-9,11-13H2,(H,19,21). The van der Waals surface area contributed by atoms with Crippen LogP contribution in [0.25, 0.3) is 0 Å². The van der Waals surface area contributed by atoms with Crippen LogP contribution in [0.3, 0.4) is 0 Å². The summed E-state index contributed by atoms with van der Waals surface area (Å²) in [6, 6.07) is 4.75. The number of piperidine rings is 1. The van der Waals surface area contributed by atoms with Gasteiger partial charge in [-0.05, 0) is 62.7 Å². The van der Waals surface area contributed by atoms with E-state index in [9.17, 15) is 4.79 Å². The fourth-order valence-electron chi connectivity index (χ4n) is 3.46. The Balaban J connectivity index is 1.31. The van der Waals surface area contributed by atoms with Gasteiger partial charge in [-0.2, -0.15) is 0 Å². The van der Waals surface area contributed by atoms with E-state index in [4.69, 9.17) is 0 Å². The summed E-state index contributed by atoms with van der Waals surface area (Å²) < 4.78 is 0. The SMILES string of the molecule is O=C(CC1CCCN1)NCC1CCN(Cc2cccs2)CC1. The van der Waals surface area contributed by atoms with Crippen LogP contribution in [0.1, 0.15) is 37.0 Å². The van der Waals surface area contributed by atoms with Crippen molar-refractivity contribution >= 4 is 17.2 Å². The monoisotopic (exact) mass is 321 g/mol. The zero-order valence-corrected chi connectivity index (χ0v) is 14.0. The lowest BCUT2D eigenvalue weighted by Gasteiger charge is -2.31. The Kier molecular flexibility index (Phi) is 5.87. The maximum absolute atomic E-state index is 12.0. The molecule has 122 valence electrons. The summed E-state index contributed by atoms with van der Waals surface area (Å²) in [5.41, 5.74) is 0. The van der Waals surface area contributed by atoms with Crippen LogP contribution in [-0.2, 0) is 11.3 Å². The lowest BCUT2D eigenvalue weighted by Crippen LogP contribution is -2.39. The van der Waals surface area contributed by atoms with Gasteiger partial charge in [-0.15, -0.1) is 11.3 Å². The van der Waals surface area contributed by atoms with Crippen molar-refractivity contribution in [2.45, 2.75) is 44.7 Å². The van der Waals surface area contributed by atoms with Crippen LogP contribution in [-0.4, -0.2) is 43.0 Å². The summed E-state index contributed by atoms with van der Waals surface area (Å²) in [5, 5.41) is 8.68. The molecule has 0 radical (unpaired) electrons. The minimum absolute atomic E-state index is 0.223. The van der Waals surface area contributed by atoms with Gasteiger partial charge in [0, 0.05) is 30.4 Å². The maximum atomic E-state index is 12.0. The van der Waals surface area contributed by atoms with Crippen molar-refractivity contribution in [3.8, 4) is 0 Å². The summed E-state index contributed by atoms with van der Waals surface area (Å²) in [6.45, 7) is 5.33. The van der Waals surface area contributed by atoms with Crippen LogP contribution < -0.4 is 10.6 Å². The Bertz CT molecular complexity index is 448. The molecule has 1 aromatic rings. The van der Waals surface area contributed by atoms with Crippen LogP contribution in [0.2, 0.25) is 0 Å². The number of likely N-dealkylation sites (tertiary alicyclic amines) is 1. The molecule has 2 fully saturated rings. The molecule has 2 N–H and O–H groups in total. The van der Waals surface area contributed by atoms with Crippen LogP contribution >= 0.6 is 11.3 Å². The summed E-state index contributed by atoms with van der Waals surface area (Å²) >= 11 is 1.84. The minimum Gasteiger partial charge on any atom is -0.356 e. The average molecular weight is 321 g/mol. The number of hydrogen-bond donors (Lipinski definition) is 2. The third-order valence-corrected chi connectivity index (χ3v) is 5.71. The zero-order chi connectivity index (χ0) is 15.2. The topological polar surface area (TPSA) is 44.4 Å². The first-order valence-corrected chi connectivity index (χ1v) is 9.42. The van der Waals surface area contributed by atoms with Crippen molar-refractivity contribution in [1.29, 1.82) is 0 Å². The molecule has 3 heterocycles. The molecule has 0 spiro atoms. The zero-order valence-electron chi connectivity index (χ0n) is 13.2. The van der Waals surface area contributed by atoms with Gasteiger partial charge in [0.2, 0.25) is 5.91 Å². The number of rotatable bonds is 6. The molecule has 3 rings (SSSR count). The van der Waals surface area contributed by atoms with Gasteiger partial charge in [0.15, 0.2) is 0 Å². The summed E-state index contributed by atoms with van der Waals surface area (Å²) in [5.74, 6) is 0.875. The molecular weight excluding hydrogens is 294 g/mol. The highest BCUT2D eigenvalue weighted by atomic mass is 32.1. The van der Waals surface area contributed by atoms with Gasteiger partial charge >= 0.3 is 0 Å². The van der Waals surface area contributed by atoms with Crippen molar-refractivity contribution in [3.05, 3.63) is 22.4 Å². The maximum Gasteiger partial charge on any atom is 0.221 e. The van der Waals surface area contributed by atoms with Crippen molar-refractivity contribution in [2.24, 2.45) is 5.92 Å². The van der Waals surface area contributed by atoms with Gasteiger partial charge in [-0.3, -0.25) is 9.69 Å². The smallest absolute Gasteiger partial charge is 0.221 e. The molecule has 1 aromatic heterocycles. The molecule has 22 heavy (non-hydrogen) atoms. The van der Waals surface area contributed by atoms with E-state index in [2.05, 4.69) is 33.0 Å². The van der Waals surface area contributed by atoms with E-state index in [-0.39, 0.29) is 5.91 Å². The van der Waals surface area contributed by atoms with Crippen molar-refractivity contribution in [1.82, 2.24) is 15.5 Å². The molecule has 0 bridgehead atoms. The molecule has 2 saturated heterocycles. The minimum atomic E-state index is 0.223. The van der Waals surface area contributed by atoms with Crippen LogP contribution in [0.15, 0.2) is 17.5 Å². The number of nitrogens with one attached hydrogen (secondary N) is 2. The highest BCUT2D eigenvalue weighted by Gasteiger charge is 2.21. The van der Waals surface area contributed by atoms with Crippen molar-refractivity contribution in [2.75, 3.05) is 26.2 Å². The fraction of sp³-hybridized carbons (Fsp3) is 0.706. The van der Waals surface area contributed by atoms with E-state index in [0.717, 1.165) is 39.1 Å². The lowest BCUT2D eigenvalue weighted by molar-refractivity contribution is -0.121. The molecular formula is C17H27N3OS. The predicted molar refractivity (Wildman–Crippen MR) is 91.0 cm³/mol. The highest BCUT2D eigenvalue weighted by molar-refractivity contribution is 7.09. The Morgan fingerprint density at radius 2 is 2.23 bits per heavy atom. The molecule has 2 aliphatic heterocycles. The van der Waals surface area contributed by atoms with Gasteiger partial charge < -0.3 is 10.6 Å². The quantitative estimate of drug-likeness (QED) is 0.844. The third kappa shape index (κ3) is 4.80. The number of carbonyl (C=O) groups is 1. The van der Waals surface area contributed by atoms with Crippen LogP contribution in [0.5, 0.6) is 0 Å². The van der Waals surface area contributed by atoms with Gasteiger partial charge in [-0.1, -0.05) is 6.07 Å². The first-order valence-electron chi connectivity index (χ1n) is 8.54. The molecule has 1 atom stereocenters. The molecule has 5 heteroatoms. The summed E-state index contributed by atoms with van der Waals surface area (Å²) in [4.78, 5) is 15.9. The molecule has 0 aromatic carbocycles. The Morgan fingerprint density at radius 1 is 1.36 bits per heavy atom. The van der Waals surface area contributed by atoms with Crippen LogP contribution in [0, 0.1) is 5.92 Å². The molecule has 1 amide bonds. The number of nitrogens with zero attached hydrogens (tertiary/aromatic N) is 1. The molecule has 0 aliphatic carbocycles. The second-order valence-electron chi connectivity index (χ2n) is 6.60. The van der Waals surface area contributed by atoms with E-state index in [1.165, 1.54) is 24.1 Å². The van der Waals surface area contributed by atoms with E-state index in [1.54, 1.807) is 0 Å². The summed E-state index contributed by atoms with van der Waals surface area (Å²) in [7, 11) is 0. The normalized spacial score (nSPS) is 23.7. The summed E-state index contributed by atoms with van der Waals surface area (Å²) in [6.07, 6.45) is 5.41. The Hall–Kier alpha value is -0.910. The highest BCUT2D eigenvalue weighted by Crippen LogP contribution is 2.20. The molecule has 1 unspecified atom stereocenters. The van der Waals surface area contributed by atoms with E-state index < -0.39 is 0 Å². The predicted octanol–water partition coefficient (Wildman–Crippen LogP) is 2.22. The number of amides is 1. The first kappa shape index (κ1) is 16.0. The second kappa shape index (κ2) is 8.09. The number of thiophene rings is 1. The van der Waals surface area contributed by atoms with E-state index in [1.807, 2.05) is 11.3 Å². The fourth-order valence-corrected chi connectivity index (χ4v) is 4.20. The van der Waals surface area contributed by atoms with Gasteiger partial charge in [0.05, 0.1) is 0 Å². The Morgan fingerprint density at radius 3 is 2.91 bits per heavy atom. The van der Waals surface area contributed by atoms with Crippen LogP contribution in [0.4, 0.5) is 0 Å². The molecule has 2 aliphatic rings. The Labute approximate surface area is 137 Å². The average Bonchev–Trinajstić information content (AvgIpc) is 3.20. The lowest BCUT2D eigenvalue weighted by atomic mass is 9.96.